The first-order chi connectivity index (χ1) is 18.2. The van der Waals surface area contributed by atoms with Crippen LogP contribution in [0, 0.1) is 17.8 Å². The monoisotopic (exact) mass is 509 g/mol. The van der Waals surface area contributed by atoms with Crippen molar-refractivity contribution in [2.24, 2.45) is 17.8 Å². The molecular formula is C30H23NO7. The Labute approximate surface area is 217 Å². The van der Waals surface area contributed by atoms with Crippen LogP contribution in [0.3, 0.4) is 0 Å². The summed E-state index contributed by atoms with van der Waals surface area (Å²) in [4.78, 5) is 66.5. The summed E-state index contributed by atoms with van der Waals surface area (Å²) in [6.07, 6.45) is 3.65. The first-order valence-electron chi connectivity index (χ1n) is 12.4. The van der Waals surface area contributed by atoms with Crippen molar-refractivity contribution in [3.63, 3.8) is 0 Å². The molecular weight excluding hydrogens is 486 g/mol. The van der Waals surface area contributed by atoms with Crippen LogP contribution in [-0.4, -0.2) is 39.6 Å². The maximum Gasteiger partial charge on any atom is 0.335 e. The molecule has 0 spiro atoms. The number of rotatable bonds is 3. The van der Waals surface area contributed by atoms with E-state index in [1.54, 1.807) is 25.1 Å². The summed E-state index contributed by atoms with van der Waals surface area (Å²) in [5.74, 6) is -5.11. The number of imide groups is 1. The molecule has 190 valence electrons. The third-order valence-electron chi connectivity index (χ3n) is 8.12. The molecule has 0 radical (unpaired) electrons. The number of allylic oxidation sites excluding steroid dienone is 6. The molecule has 38 heavy (non-hydrogen) atoms. The molecule has 1 aliphatic heterocycles. The van der Waals surface area contributed by atoms with Crippen molar-refractivity contribution in [3.8, 4) is 5.75 Å². The summed E-state index contributed by atoms with van der Waals surface area (Å²) in [6.45, 7) is 1.59. The van der Waals surface area contributed by atoms with E-state index in [1.165, 1.54) is 36.4 Å². The zero-order chi connectivity index (χ0) is 26.9. The van der Waals surface area contributed by atoms with Crippen LogP contribution in [0.5, 0.6) is 5.75 Å². The number of aromatic hydroxyl groups is 1. The van der Waals surface area contributed by atoms with Gasteiger partial charge >= 0.3 is 5.97 Å². The summed E-state index contributed by atoms with van der Waals surface area (Å²) >= 11 is 0. The molecule has 1 heterocycles. The van der Waals surface area contributed by atoms with E-state index in [1.807, 2.05) is 6.08 Å². The van der Waals surface area contributed by atoms with Gasteiger partial charge in [-0.3, -0.25) is 24.1 Å². The van der Waals surface area contributed by atoms with E-state index in [0.717, 1.165) is 10.5 Å². The number of fused-ring (bicyclic) bond motifs is 3. The third-order valence-corrected chi connectivity index (χ3v) is 8.12. The lowest BCUT2D eigenvalue weighted by molar-refractivity contribution is -0.123. The van der Waals surface area contributed by atoms with Crippen molar-refractivity contribution < 1.29 is 34.2 Å². The molecule has 1 saturated heterocycles. The number of Topliss-reactive ketones (excluding diaryl/α,β-unsaturated/α-hetero) is 1. The Morgan fingerprint density at radius 2 is 1.74 bits per heavy atom. The highest BCUT2D eigenvalue weighted by atomic mass is 16.4. The molecule has 6 rings (SSSR count). The fourth-order valence-corrected chi connectivity index (χ4v) is 6.50. The lowest BCUT2D eigenvalue weighted by atomic mass is 9.59. The number of benzene rings is 2. The molecule has 2 amide bonds. The molecule has 8 nitrogen and oxygen atoms in total. The Bertz CT molecular complexity index is 1580. The van der Waals surface area contributed by atoms with E-state index in [-0.39, 0.29) is 41.4 Å². The van der Waals surface area contributed by atoms with Gasteiger partial charge in [0.05, 0.1) is 23.1 Å². The van der Waals surface area contributed by atoms with Gasteiger partial charge in [-0.05, 0) is 67.7 Å². The summed E-state index contributed by atoms with van der Waals surface area (Å²) in [5, 5.41) is 19.6. The molecule has 4 atom stereocenters. The van der Waals surface area contributed by atoms with Gasteiger partial charge in [0.15, 0.2) is 11.6 Å². The van der Waals surface area contributed by atoms with Crippen LogP contribution in [0.2, 0.25) is 0 Å². The average molecular weight is 510 g/mol. The van der Waals surface area contributed by atoms with E-state index in [4.69, 9.17) is 0 Å². The summed E-state index contributed by atoms with van der Waals surface area (Å²) < 4.78 is 0. The van der Waals surface area contributed by atoms with Crippen LogP contribution in [0.1, 0.15) is 41.6 Å². The SMILES string of the molecule is CC1=CC(=O)C2=C(CC3C(=CCC4C(=O)N(c5cccc(C(=O)O)c5)C(=O)C43)C2c2cccc(O)c2)C1=O. The topological polar surface area (TPSA) is 129 Å². The second kappa shape index (κ2) is 8.48. The van der Waals surface area contributed by atoms with Gasteiger partial charge in [0.25, 0.3) is 0 Å². The molecule has 4 aliphatic rings. The van der Waals surface area contributed by atoms with E-state index in [0.29, 0.717) is 22.3 Å². The molecule has 4 unspecified atom stereocenters. The highest BCUT2D eigenvalue weighted by Gasteiger charge is 2.56. The molecule has 2 N–H and O–H groups in total. The Morgan fingerprint density at radius 1 is 0.974 bits per heavy atom. The largest absolute Gasteiger partial charge is 0.508 e. The van der Waals surface area contributed by atoms with Crippen molar-refractivity contribution in [1.29, 1.82) is 0 Å². The number of aromatic carboxylic acids is 1. The number of nitrogens with zero attached hydrogens (tertiary/aromatic N) is 1. The fraction of sp³-hybridized carbons (Fsp3) is 0.233. The number of hydrogen-bond acceptors (Lipinski definition) is 6. The zero-order valence-corrected chi connectivity index (χ0v) is 20.4. The highest BCUT2D eigenvalue weighted by Crippen LogP contribution is 2.55. The Kier molecular flexibility index (Phi) is 5.31. The standard InChI is InChI=1S/C30H23NO7/c1-14-10-23(33)26-22(27(14)34)13-21-19(24(26)15-4-3-7-18(32)12-15)8-9-20-25(21)29(36)31(28(20)35)17-6-2-5-16(11-17)30(37)38/h2-8,10-12,20-21,24-25,32H,9,13H2,1H3,(H,37,38). The lowest BCUT2D eigenvalue weighted by Gasteiger charge is -2.42. The zero-order valence-electron chi connectivity index (χ0n) is 20.4. The van der Waals surface area contributed by atoms with Crippen molar-refractivity contribution in [2.75, 3.05) is 4.90 Å². The summed E-state index contributed by atoms with van der Waals surface area (Å²) in [6, 6.07) is 12.2. The minimum absolute atomic E-state index is 0.0129. The van der Waals surface area contributed by atoms with Crippen LogP contribution < -0.4 is 4.90 Å². The average Bonchev–Trinajstić information content (AvgIpc) is 3.15. The second-order valence-electron chi connectivity index (χ2n) is 10.2. The van der Waals surface area contributed by atoms with Crippen LogP contribution >= 0.6 is 0 Å². The quantitative estimate of drug-likeness (QED) is 0.366. The number of phenols is 1. The van der Waals surface area contributed by atoms with Gasteiger partial charge in [-0.2, -0.15) is 0 Å². The van der Waals surface area contributed by atoms with Gasteiger partial charge in [0.1, 0.15) is 5.75 Å². The van der Waals surface area contributed by atoms with Gasteiger partial charge in [0.2, 0.25) is 11.8 Å². The van der Waals surface area contributed by atoms with Gasteiger partial charge in [0, 0.05) is 22.6 Å². The minimum Gasteiger partial charge on any atom is -0.508 e. The van der Waals surface area contributed by atoms with Crippen LogP contribution in [0.25, 0.3) is 0 Å². The molecule has 0 bridgehead atoms. The molecule has 3 aliphatic carbocycles. The van der Waals surface area contributed by atoms with Crippen LogP contribution in [0.15, 0.2) is 83.0 Å². The number of amides is 2. The minimum atomic E-state index is -1.17. The fourth-order valence-electron chi connectivity index (χ4n) is 6.50. The molecule has 2 aromatic carbocycles. The summed E-state index contributed by atoms with van der Waals surface area (Å²) in [5.41, 5.74) is 2.59. The van der Waals surface area contributed by atoms with Gasteiger partial charge in [-0.1, -0.05) is 29.8 Å². The molecule has 0 aromatic heterocycles. The maximum absolute atomic E-state index is 13.9. The first kappa shape index (κ1) is 23.8. The number of carboxylic acids is 1. The van der Waals surface area contributed by atoms with Crippen molar-refractivity contribution in [2.45, 2.75) is 25.7 Å². The molecule has 0 saturated carbocycles. The Balaban J connectivity index is 1.47. The number of ketones is 2. The maximum atomic E-state index is 13.9. The number of carbonyl (C=O) groups is 5. The van der Waals surface area contributed by atoms with Crippen LogP contribution in [0.4, 0.5) is 5.69 Å². The Morgan fingerprint density at radius 3 is 2.47 bits per heavy atom. The smallest absolute Gasteiger partial charge is 0.335 e. The predicted molar refractivity (Wildman–Crippen MR) is 135 cm³/mol. The number of carbonyl (C=O) groups excluding carboxylic acids is 4. The Hall–Kier alpha value is -4.59. The van der Waals surface area contributed by atoms with Gasteiger partial charge < -0.3 is 10.2 Å². The first-order valence-corrected chi connectivity index (χ1v) is 12.4. The highest BCUT2D eigenvalue weighted by molar-refractivity contribution is 6.25. The van der Waals surface area contributed by atoms with Crippen molar-refractivity contribution in [1.82, 2.24) is 0 Å². The van der Waals surface area contributed by atoms with E-state index in [9.17, 15) is 34.2 Å². The summed E-state index contributed by atoms with van der Waals surface area (Å²) in [7, 11) is 0. The number of anilines is 1. The molecule has 1 fully saturated rings. The number of hydrogen-bond donors (Lipinski definition) is 2. The van der Waals surface area contributed by atoms with Gasteiger partial charge in [-0.25, -0.2) is 4.79 Å². The van der Waals surface area contributed by atoms with Crippen molar-refractivity contribution >= 4 is 35.0 Å². The predicted octanol–water partition coefficient (Wildman–Crippen LogP) is 3.72. The second-order valence-corrected chi connectivity index (χ2v) is 10.2. The number of phenolic OH excluding ortho intramolecular Hbond substituents is 1. The van der Waals surface area contributed by atoms with E-state index >= 15 is 0 Å². The number of carboxylic acid groups (broad SMARTS) is 1. The van der Waals surface area contributed by atoms with E-state index < -0.39 is 41.5 Å². The normalized spacial score (nSPS) is 26.5. The third kappa shape index (κ3) is 3.40. The molecule has 2 aromatic rings. The lowest BCUT2D eigenvalue weighted by Crippen LogP contribution is -2.39. The van der Waals surface area contributed by atoms with E-state index in [2.05, 4.69) is 0 Å². The van der Waals surface area contributed by atoms with Crippen molar-refractivity contribution in [3.05, 3.63) is 94.1 Å². The molecule has 8 heteroatoms. The van der Waals surface area contributed by atoms with Gasteiger partial charge in [-0.15, -0.1) is 0 Å². The van der Waals surface area contributed by atoms with Crippen LogP contribution in [-0.2, 0) is 19.2 Å².